The third-order valence-corrected chi connectivity index (χ3v) is 38.3. The fourth-order valence-corrected chi connectivity index (χ4v) is 30.5. The van der Waals surface area contributed by atoms with Crippen molar-refractivity contribution in [2.75, 3.05) is 54.1 Å². The molecule has 0 radical (unpaired) electrons. The Balaban J connectivity index is 0.000000136. The van der Waals surface area contributed by atoms with Gasteiger partial charge in [-0.2, -0.15) is 0 Å². The molecule has 4 aliphatic carbocycles. The fraction of sp³-hybridized carbons (Fsp3) is 0.625. The second-order valence-corrected chi connectivity index (χ2v) is 49.7. The van der Waals surface area contributed by atoms with Crippen molar-refractivity contribution in [3.63, 3.8) is 0 Å². The highest BCUT2D eigenvalue weighted by atomic mass is 35.5. The van der Waals surface area contributed by atoms with Crippen molar-refractivity contribution in [1.29, 1.82) is 0 Å². The largest absolute Gasteiger partial charge is 0.496 e. The van der Waals surface area contributed by atoms with Gasteiger partial charge in [0.15, 0.2) is 0 Å². The van der Waals surface area contributed by atoms with Crippen LogP contribution in [0, 0.1) is 99.1 Å². The second-order valence-electron chi connectivity index (χ2n) is 48.9. The van der Waals surface area contributed by atoms with E-state index in [1.165, 1.54) is 51.4 Å². The molecule has 24 heteroatoms. The number of benzene rings is 5. The van der Waals surface area contributed by atoms with Gasteiger partial charge in [0.05, 0.1) is 37.4 Å². The third kappa shape index (κ3) is 20.0. The van der Waals surface area contributed by atoms with Gasteiger partial charge >= 0.3 is 0 Å². The summed E-state index contributed by atoms with van der Waals surface area (Å²) in [7, 11) is 5.02. The van der Waals surface area contributed by atoms with E-state index < -0.39 is 11.8 Å². The van der Waals surface area contributed by atoms with Crippen molar-refractivity contribution >= 4 is 107 Å². The molecule has 10 aromatic rings. The molecule has 4 unspecified atom stereocenters. The van der Waals surface area contributed by atoms with Crippen molar-refractivity contribution in [1.82, 2.24) is 49.4 Å². The van der Waals surface area contributed by atoms with Crippen LogP contribution in [0.25, 0.3) is 54.5 Å². The van der Waals surface area contributed by atoms with E-state index in [2.05, 4.69) is 192 Å². The lowest BCUT2D eigenvalue weighted by Gasteiger charge is -2.58. The van der Waals surface area contributed by atoms with Crippen LogP contribution in [0.5, 0.6) is 17.2 Å². The standard InChI is InChI=1S/C25H36N2O2.2C24H31ClF2N2O.C24H34N2O2.C23H34N2O2/c1-16(2)25(17(3)4)14-18-9-6-7-10-19(18)15-27(25)24(28)22-13-20-21(26-22)11-8-12-23(20)29-5;1-15(2)24(16(3)4)13-22(8-10-23(26,27)11-9-22)14-29(24)21(30)20-12-17-18(25)6-5-7-19(17)28-20;1-15(2)24(16(3)4)13-22(8-10-23(26,27)11-9-22)14-29(24)21(30)19-12-17-6-5-7-18(25)20(17)28-19;1-15(2)24(16(3)4)19-10-7-6-9-17(19)14-26(24)23(27)21-13-18-20(25-21)11-8-12-22(18)28-5;1-15(2)23(16(3)4)12-11-22(5,6)14-25(23)21(26)19-13-17-18(24-19)9-8-10-20(17)27-7/h8,11-13,16-19,26H,6-7,9-10,14-15H2,1-5H3;2*5-7,12,15-16,28H,8-11,13-14H2,1-4H3;8,11-13,15-17,19,25H,6-7,9-10,14H2,1-5H3;8-10,13,15-16,24H,11-12,14H2,1-7H3. The van der Waals surface area contributed by atoms with Crippen molar-refractivity contribution in [2.24, 2.45) is 99.1 Å². The first-order valence-corrected chi connectivity index (χ1v) is 55.0. The van der Waals surface area contributed by atoms with E-state index in [1.807, 2.05) is 125 Å². The van der Waals surface area contributed by atoms with E-state index >= 15 is 0 Å². The van der Waals surface area contributed by atoms with Gasteiger partial charge in [-0.3, -0.25) is 24.0 Å². The van der Waals surface area contributed by atoms with Crippen molar-refractivity contribution in [3.05, 3.63) is 160 Å². The van der Waals surface area contributed by atoms with E-state index in [0.29, 0.717) is 131 Å². The predicted octanol–water partition coefficient (Wildman–Crippen LogP) is 30.7. The van der Waals surface area contributed by atoms with E-state index in [0.717, 1.165) is 129 Å². The number of piperidine rings is 2. The number of aromatic nitrogens is 5. The molecule has 5 aromatic heterocycles. The number of rotatable bonds is 18. The number of nitrogens with one attached hydrogen (secondary N) is 5. The predicted molar refractivity (Wildman–Crippen MR) is 578 cm³/mol. The van der Waals surface area contributed by atoms with Gasteiger partial charge in [0.25, 0.3) is 29.5 Å². The minimum absolute atomic E-state index is 0.0566. The molecule has 0 bridgehead atoms. The van der Waals surface area contributed by atoms with Gasteiger partial charge in [0.2, 0.25) is 11.8 Å². The maximum absolute atomic E-state index is 13.9. The number of halogens is 6. The molecule has 2 spiro atoms. The molecule has 5 aliphatic heterocycles. The summed E-state index contributed by atoms with van der Waals surface area (Å²) >= 11 is 12.6. The topological polar surface area (TPSA) is 208 Å². The van der Waals surface area contributed by atoms with Crippen LogP contribution in [0.4, 0.5) is 17.6 Å². The smallest absolute Gasteiger partial charge is 0.270 e. The number of methoxy groups -OCH3 is 3. The van der Waals surface area contributed by atoms with Gasteiger partial charge in [0.1, 0.15) is 45.7 Å². The van der Waals surface area contributed by atoms with Crippen LogP contribution in [-0.2, 0) is 0 Å². The van der Waals surface area contributed by atoms with Crippen LogP contribution >= 0.6 is 23.2 Å². The zero-order valence-corrected chi connectivity index (χ0v) is 92.3. The molecule has 9 fully saturated rings. The Hall–Kier alpha value is -9.15. The van der Waals surface area contributed by atoms with Crippen molar-refractivity contribution < 1.29 is 55.7 Å². The van der Waals surface area contributed by atoms with Crippen molar-refractivity contribution in [2.45, 2.75) is 327 Å². The number of likely N-dealkylation sites (tertiary alicyclic amines) is 5. The quantitative estimate of drug-likeness (QED) is 0.0521. The first-order valence-electron chi connectivity index (χ1n) is 54.3. The van der Waals surface area contributed by atoms with Crippen LogP contribution in [0.1, 0.15) is 340 Å². The van der Waals surface area contributed by atoms with E-state index in [4.69, 9.17) is 37.4 Å². The number of H-pyrrole nitrogens is 5. The number of nitrogens with zero attached hydrogens (tertiary/aromatic N) is 5. The summed E-state index contributed by atoms with van der Waals surface area (Å²) in [6, 6.07) is 38.5. The normalized spacial score (nSPS) is 22.5. The number of carbonyl (C=O) groups excluding carboxylic acids is 5. The SMILES string of the molecule is CC(C)C1(C(C)C)CC2(CCC(F)(F)CC2)CN1C(=O)c1cc2c(Cl)cccc2[nH]1.CC(C)C1(C(C)C)CC2(CCC(F)(F)CC2)CN1C(=O)c1cc2cccc(Cl)c2[nH]1.COc1cccc2[nH]c(C(=O)N3CC(C)(C)CCC3(C(C)C)C(C)C)cc12.COc1cccc2[nH]c(C(=O)N3CC4CCCCC4C3(C(C)C)C(C)C)cc12.COc1cccc2[nH]c(C(=O)N3CC4CCCCC4CC3(C(C)C)C(C)C)cc12. The zero-order valence-electron chi connectivity index (χ0n) is 90.8. The number of aromatic amines is 5. The monoisotopic (exact) mass is 2020 g/mol. The molecule has 19 rings (SSSR count). The van der Waals surface area contributed by atoms with Gasteiger partial charge < -0.3 is 63.6 Å². The number of ether oxygens (including phenoxy) is 3. The van der Waals surface area contributed by atoms with Crippen molar-refractivity contribution in [3.8, 4) is 17.2 Å². The van der Waals surface area contributed by atoms with Gasteiger partial charge in [0, 0.05) is 135 Å². The summed E-state index contributed by atoms with van der Waals surface area (Å²) in [5.74, 6) is 3.60. The second kappa shape index (κ2) is 42.1. The Morgan fingerprint density at radius 3 is 1.06 bits per heavy atom. The first-order chi connectivity index (χ1) is 67.9. The molecule has 18 nitrogen and oxygen atoms in total. The van der Waals surface area contributed by atoms with Gasteiger partial charge in [-0.15, -0.1) is 0 Å². The molecular formula is C120H166Cl2F4N10O8. The molecule has 144 heavy (non-hydrogen) atoms. The number of hydrogen-bond acceptors (Lipinski definition) is 8. The van der Waals surface area contributed by atoms with Crippen LogP contribution in [0.3, 0.4) is 0 Å². The molecule has 5 amide bonds. The maximum Gasteiger partial charge on any atom is 0.270 e. The number of carbonyl (C=O) groups is 5. The highest BCUT2D eigenvalue weighted by Gasteiger charge is 2.64. The summed E-state index contributed by atoms with van der Waals surface area (Å²) < 4.78 is 72.2. The van der Waals surface area contributed by atoms with Crippen LogP contribution < -0.4 is 14.2 Å². The number of para-hydroxylation sites is 1. The summed E-state index contributed by atoms with van der Waals surface area (Å²) in [5.41, 5.74) is 6.19. The summed E-state index contributed by atoms with van der Waals surface area (Å²) in [6.07, 6.45) is 16.9. The minimum Gasteiger partial charge on any atom is -0.496 e. The van der Waals surface area contributed by atoms with Crippen LogP contribution in [0.2, 0.25) is 10.0 Å². The lowest BCUT2D eigenvalue weighted by atomic mass is 9.61. The minimum atomic E-state index is -2.57. The summed E-state index contributed by atoms with van der Waals surface area (Å²) in [4.78, 5) is 96.3. The molecule has 786 valence electrons. The van der Waals surface area contributed by atoms with Gasteiger partial charge in [-0.1, -0.05) is 244 Å². The molecule has 9 aliphatic rings. The lowest BCUT2D eigenvalue weighted by molar-refractivity contribution is -0.0658. The highest BCUT2D eigenvalue weighted by Crippen LogP contribution is 2.62. The van der Waals surface area contributed by atoms with Crippen LogP contribution in [0.15, 0.2) is 121 Å². The average molecular weight is 2020 g/mol. The molecule has 4 saturated carbocycles. The number of amides is 5. The Kier molecular flexibility index (Phi) is 31.9. The average Bonchev–Trinajstić information content (AvgIpc) is 1.59. The lowest BCUT2D eigenvalue weighted by Crippen LogP contribution is -2.64. The molecule has 4 atom stereocenters. The number of alkyl halides is 4. The zero-order chi connectivity index (χ0) is 105. The molecule has 10 heterocycles. The van der Waals surface area contributed by atoms with Crippen LogP contribution in [-0.4, -0.2) is 173 Å². The Morgan fingerprint density at radius 1 is 0.340 bits per heavy atom. The Bertz CT molecular complexity index is 6030. The molecule has 5 N–H and O–H groups in total. The third-order valence-electron chi connectivity index (χ3n) is 37.6. The van der Waals surface area contributed by atoms with E-state index in [1.54, 1.807) is 27.4 Å². The number of fused-ring (bicyclic) bond motifs is 7. The maximum atomic E-state index is 13.9. The van der Waals surface area contributed by atoms with E-state index in [9.17, 15) is 41.5 Å². The fourth-order valence-electron chi connectivity index (χ4n) is 30.1. The summed E-state index contributed by atoms with van der Waals surface area (Å²) in [6.45, 7) is 52.9. The van der Waals surface area contributed by atoms with E-state index in [-0.39, 0.29) is 123 Å². The first kappa shape index (κ1) is 109. The molecule has 5 aromatic carbocycles. The van der Waals surface area contributed by atoms with Gasteiger partial charge in [-0.25, -0.2) is 17.6 Å². The molecule has 5 saturated heterocycles. The Morgan fingerprint density at radius 2 is 0.674 bits per heavy atom. The number of hydrogen-bond donors (Lipinski definition) is 5. The highest BCUT2D eigenvalue weighted by molar-refractivity contribution is 6.36. The van der Waals surface area contributed by atoms with Gasteiger partial charge in [-0.05, 0) is 261 Å². The molecular weight excluding hydrogens is 1860 g/mol. The Labute approximate surface area is 863 Å². The summed E-state index contributed by atoms with van der Waals surface area (Å²) in [5, 5.41) is 5.83.